The number of pyridine rings is 1. The van der Waals surface area contributed by atoms with Crippen LogP contribution in [0.5, 0.6) is 0 Å². The highest BCUT2D eigenvalue weighted by Gasteiger charge is 2.28. The van der Waals surface area contributed by atoms with Crippen molar-refractivity contribution in [2.24, 2.45) is 5.92 Å². The molecule has 5 rings (SSSR count). The second-order valence-electron chi connectivity index (χ2n) is 8.12. The van der Waals surface area contributed by atoms with Crippen molar-refractivity contribution in [1.82, 2.24) is 19.9 Å². The zero-order chi connectivity index (χ0) is 20.0. The Morgan fingerprint density at radius 2 is 1.97 bits per heavy atom. The van der Waals surface area contributed by atoms with Crippen LogP contribution in [0.3, 0.4) is 0 Å². The Bertz CT molecular complexity index is 1050. The molecule has 0 atom stereocenters. The van der Waals surface area contributed by atoms with Gasteiger partial charge in [0.1, 0.15) is 10.6 Å². The number of carbonyl (C=O) groups excluding carboxylic acids is 1. The van der Waals surface area contributed by atoms with Gasteiger partial charge in [-0.1, -0.05) is 13.8 Å². The number of thiophene rings is 1. The van der Waals surface area contributed by atoms with Crippen LogP contribution in [0.4, 0.5) is 5.82 Å². The highest BCUT2D eigenvalue weighted by molar-refractivity contribution is 7.19. The number of fused-ring (bicyclic) bond motifs is 3. The molecule has 0 aromatic carbocycles. The standard InChI is InChI=1S/C22H25N5OS/c1-14(2)22(28)27-11-9-26(10-12-27)20-18-16-6-3-7-17(16)29-21(18)25-19(24-20)15-5-4-8-23-13-15/h4-5,8,13-14H,3,6-7,9-12H2,1-2H3. The van der Waals surface area contributed by atoms with Crippen molar-refractivity contribution in [1.29, 1.82) is 0 Å². The average molecular weight is 408 g/mol. The van der Waals surface area contributed by atoms with E-state index in [1.165, 1.54) is 22.2 Å². The molecule has 0 N–H and O–H groups in total. The number of hydrogen-bond donors (Lipinski definition) is 0. The maximum Gasteiger partial charge on any atom is 0.225 e. The van der Waals surface area contributed by atoms with E-state index in [2.05, 4.69) is 9.88 Å². The molecule has 150 valence electrons. The third kappa shape index (κ3) is 3.27. The number of hydrogen-bond acceptors (Lipinski definition) is 6. The van der Waals surface area contributed by atoms with Gasteiger partial charge in [-0.2, -0.15) is 0 Å². The van der Waals surface area contributed by atoms with Crippen molar-refractivity contribution in [3.05, 3.63) is 35.0 Å². The molecule has 6 nitrogen and oxygen atoms in total. The van der Waals surface area contributed by atoms with Crippen LogP contribution in [0.2, 0.25) is 0 Å². The van der Waals surface area contributed by atoms with E-state index in [0.29, 0.717) is 0 Å². The minimum absolute atomic E-state index is 0.0460. The molecule has 29 heavy (non-hydrogen) atoms. The van der Waals surface area contributed by atoms with Gasteiger partial charge in [0.15, 0.2) is 5.82 Å². The summed E-state index contributed by atoms with van der Waals surface area (Å²) in [4.78, 5) is 33.4. The van der Waals surface area contributed by atoms with Gasteiger partial charge in [-0.15, -0.1) is 11.3 Å². The quantitative estimate of drug-likeness (QED) is 0.664. The molecule has 0 spiro atoms. The summed E-state index contributed by atoms with van der Waals surface area (Å²) in [6.45, 7) is 7.05. The SMILES string of the molecule is CC(C)C(=O)N1CCN(c2nc(-c3cccnc3)nc3sc4c(c23)CCC4)CC1. The third-order valence-electron chi connectivity index (χ3n) is 5.85. The molecule has 3 aromatic heterocycles. The fraction of sp³-hybridized carbons (Fsp3) is 0.455. The van der Waals surface area contributed by atoms with Gasteiger partial charge in [-0.05, 0) is 37.0 Å². The van der Waals surface area contributed by atoms with Crippen LogP contribution >= 0.6 is 11.3 Å². The molecular formula is C22H25N5OS. The number of nitrogens with zero attached hydrogens (tertiary/aromatic N) is 5. The molecule has 0 unspecified atom stereocenters. The predicted octanol–water partition coefficient (Wildman–Crippen LogP) is 3.55. The molecule has 0 radical (unpaired) electrons. The monoisotopic (exact) mass is 407 g/mol. The maximum absolute atomic E-state index is 12.4. The van der Waals surface area contributed by atoms with E-state index >= 15 is 0 Å². The number of rotatable bonds is 3. The van der Waals surface area contributed by atoms with Crippen molar-refractivity contribution in [2.75, 3.05) is 31.1 Å². The van der Waals surface area contributed by atoms with Crippen molar-refractivity contribution in [2.45, 2.75) is 33.1 Å². The molecular weight excluding hydrogens is 382 g/mol. The van der Waals surface area contributed by atoms with Crippen LogP contribution < -0.4 is 4.90 Å². The molecule has 3 aromatic rings. The lowest BCUT2D eigenvalue weighted by molar-refractivity contribution is -0.134. The van der Waals surface area contributed by atoms with Crippen LogP contribution in [0, 0.1) is 5.92 Å². The lowest BCUT2D eigenvalue weighted by Gasteiger charge is -2.36. The summed E-state index contributed by atoms with van der Waals surface area (Å²) in [7, 11) is 0. The minimum atomic E-state index is 0.0460. The first-order valence-electron chi connectivity index (χ1n) is 10.4. The van der Waals surface area contributed by atoms with Crippen molar-refractivity contribution in [3.8, 4) is 11.4 Å². The van der Waals surface area contributed by atoms with Crippen molar-refractivity contribution < 1.29 is 4.79 Å². The first-order valence-corrected chi connectivity index (χ1v) is 11.2. The van der Waals surface area contributed by atoms with Gasteiger partial charge in [0.05, 0.1) is 5.39 Å². The molecule has 1 saturated heterocycles. The van der Waals surface area contributed by atoms with Gasteiger partial charge in [0.2, 0.25) is 5.91 Å². The van der Waals surface area contributed by atoms with E-state index in [-0.39, 0.29) is 11.8 Å². The largest absolute Gasteiger partial charge is 0.352 e. The summed E-state index contributed by atoms with van der Waals surface area (Å²) >= 11 is 1.82. The zero-order valence-corrected chi connectivity index (χ0v) is 17.7. The Labute approximate surface area is 174 Å². The van der Waals surface area contributed by atoms with Crippen LogP contribution in [0.1, 0.15) is 30.7 Å². The Hall–Kier alpha value is -2.54. The lowest BCUT2D eigenvalue weighted by atomic mass is 10.1. The number of piperazine rings is 1. The summed E-state index contributed by atoms with van der Waals surface area (Å²) in [5, 5.41) is 1.23. The predicted molar refractivity (Wildman–Crippen MR) is 116 cm³/mol. The number of aromatic nitrogens is 3. The molecule has 0 bridgehead atoms. The number of amides is 1. The first kappa shape index (κ1) is 18.5. The molecule has 4 heterocycles. The Morgan fingerprint density at radius 3 is 2.69 bits per heavy atom. The molecule has 1 aliphatic carbocycles. The molecule has 2 aliphatic rings. The first-order chi connectivity index (χ1) is 14.1. The van der Waals surface area contributed by atoms with Gasteiger partial charge >= 0.3 is 0 Å². The van der Waals surface area contributed by atoms with Crippen LogP contribution in [-0.4, -0.2) is 51.9 Å². The normalized spacial score (nSPS) is 16.7. The molecule has 1 amide bonds. The Balaban J connectivity index is 1.55. The topological polar surface area (TPSA) is 62.2 Å². The summed E-state index contributed by atoms with van der Waals surface area (Å²) in [6, 6.07) is 3.94. The third-order valence-corrected chi connectivity index (χ3v) is 7.04. The highest BCUT2D eigenvalue weighted by atomic mass is 32.1. The van der Waals surface area contributed by atoms with Gasteiger partial charge < -0.3 is 9.80 Å². The smallest absolute Gasteiger partial charge is 0.225 e. The van der Waals surface area contributed by atoms with E-state index < -0.39 is 0 Å². The summed E-state index contributed by atoms with van der Waals surface area (Å²) in [6.07, 6.45) is 7.08. The number of aryl methyl sites for hydroxylation is 2. The maximum atomic E-state index is 12.4. The van der Waals surface area contributed by atoms with Crippen molar-refractivity contribution >= 4 is 33.3 Å². The fourth-order valence-corrected chi connectivity index (χ4v) is 5.59. The number of anilines is 1. The van der Waals surface area contributed by atoms with E-state index in [1.807, 2.05) is 48.4 Å². The number of carbonyl (C=O) groups is 1. The fourth-order valence-electron chi connectivity index (χ4n) is 4.33. The van der Waals surface area contributed by atoms with Crippen LogP contribution in [-0.2, 0) is 17.6 Å². The molecule has 7 heteroatoms. The molecule has 1 fully saturated rings. The minimum Gasteiger partial charge on any atom is -0.352 e. The molecule has 0 saturated carbocycles. The van der Waals surface area contributed by atoms with Gasteiger partial charge in [0.25, 0.3) is 0 Å². The van der Waals surface area contributed by atoms with Gasteiger partial charge in [0, 0.05) is 54.9 Å². The van der Waals surface area contributed by atoms with Gasteiger partial charge in [-0.3, -0.25) is 9.78 Å². The van der Waals surface area contributed by atoms with E-state index in [4.69, 9.17) is 9.97 Å². The second-order valence-corrected chi connectivity index (χ2v) is 9.20. The van der Waals surface area contributed by atoms with Crippen LogP contribution in [0.25, 0.3) is 21.6 Å². The second kappa shape index (κ2) is 7.37. The lowest BCUT2D eigenvalue weighted by Crippen LogP contribution is -2.50. The highest BCUT2D eigenvalue weighted by Crippen LogP contribution is 2.41. The zero-order valence-electron chi connectivity index (χ0n) is 16.9. The molecule has 1 aliphatic heterocycles. The summed E-state index contributed by atoms with van der Waals surface area (Å²) < 4.78 is 0. The van der Waals surface area contributed by atoms with Gasteiger partial charge in [-0.25, -0.2) is 9.97 Å². The van der Waals surface area contributed by atoms with E-state index in [0.717, 1.165) is 61.1 Å². The van der Waals surface area contributed by atoms with Crippen LogP contribution in [0.15, 0.2) is 24.5 Å². The van der Waals surface area contributed by atoms with E-state index in [1.54, 1.807) is 6.20 Å². The summed E-state index contributed by atoms with van der Waals surface area (Å²) in [5.74, 6) is 2.06. The summed E-state index contributed by atoms with van der Waals surface area (Å²) in [5.41, 5.74) is 2.39. The average Bonchev–Trinajstić information content (AvgIpc) is 3.34. The Kier molecular flexibility index (Phi) is 4.70. The van der Waals surface area contributed by atoms with Crippen molar-refractivity contribution in [3.63, 3.8) is 0 Å². The van der Waals surface area contributed by atoms with E-state index in [9.17, 15) is 4.79 Å². The Morgan fingerprint density at radius 1 is 1.14 bits per heavy atom.